The molecular formula is C19H12F2N2O2. The quantitative estimate of drug-likeness (QED) is 0.516. The van der Waals surface area contributed by atoms with Crippen molar-refractivity contribution >= 4 is 11.1 Å². The van der Waals surface area contributed by atoms with Gasteiger partial charge in [-0.25, -0.2) is 0 Å². The zero-order valence-corrected chi connectivity index (χ0v) is 12.9. The highest BCUT2D eigenvalue weighted by Gasteiger charge is 2.13. The molecule has 0 saturated heterocycles. The molecule has 4 rings (SSSR count). The second-order valence-corrected chi connectivity index (χ2v) is 5.33. The van der Waals surface area contributed by atoms with Crippen LogP contribution >= 0.6 is 0 Å². The summed E-state index contributed by atoms with van der Waals surface area (Å²) >= 11 is 0. The second kappa shape index (κ2) is 6.32. The van der Waals surface area contributed by atoms with Gasteiger partial charge < -0.3 is 9.15 Å². The van der Waals surface area contributed by atoms with Crippen molar-refractivity contribution in [3.63, 3.8) is 0 Å². The van der Waals surface area contributed by atoms with E-state index >= 15 is 0 Å². The first-order valence-electron chi connectivity index (χ1n) is 7.55. The van der Waals surface area contributed by atoms with Crippen LogP contribution < -0.4 is 4.74 Å². The Labute approximate surface area is 141 Å². The minimum atomic E-state index is -2.84. The van der Waals surface area contributed by atoms with E-state index in [2.05, 4.69) is 14.7 Å². The summed E-state index contributed by atoms with van der Waals surface area (Å²) in [5, 5.41) is 0. The number of pyridine rings is 2. The lowest BCUT2D eigenvalue weighted by Gasteiger charge is -2.04. The number of nitrogens with zero attached hydrogens (tertiary/aromatic N) is 2. The van der Waals surface area contributed by atoms with Crippen LogP contribution in [-0.2, 0) is 0 Å². The number of rotatable bonds is 4. The van der Waals surface area contributed by atoms with Crippen molar-refractivity contribution in [1.29, 1.82) is 0 Å². The van der Waals surface area contributed by atoms with Crippen molar-refractivity contribution in [2.24, 2.45) is 0 Å². The molecule has 4 aromatic rings. The van der Waals surface area contributed by atoms with Gasteiger partial charge in [-0.05, 0) is 36.4 Å². The van der Waals surface area contributed by atoms with E-state index in [1.165, 1.54) is 12.1 Å². The maximum Gasteiger partial charge on any atom is 0.387 e. The summed E-state index contributed by atoms with van der Waals surface area (Å²) in [6.45, 7) is -2.84. The number of ether oxygens (including phenoxy) is 1. The van der Waals surface area contributed by atoms with Gasteiger partial charge >= 0.3 is 6.61 Å². The maximum absolute atomic E-state index is 12.2. The lowest BCUT2D eigenvalue weighted by atomic mass is 10.1. The Kier molecular flexibility index (Phi) is 3.85. The first-order valence-corrected chi connectivity index (χ1v) is 7.55. The van der Waals surface area contributed by atoms with E-state index in [4.69, 9.17) is 4.42 Å². The largest absolute Gasteiger partial charge is 0.454 e. The number of aromatic nitrogens is 2. The van der Waals surface area contributed by atoms with Crippen molar-refractivity contribution in [3.05, 3.63) is 67.1 Å². The van der Waals surface area contributed by atoms with Gasteiger partial charge in [-0.2, -0.15) is 8.78 Å². The molecule has 0 aliphatic carbocycles. The number of halogens is 2. The summed E-state index contributed by atoms with van der Waals surface area (Å²) < 4.78 is 34.8. The van der Waals surface area contributed by atoms with Crippen molar-refractivity contribution < 1.29 is 17.9 Å². The fourth-order valence-corrected chi connectivity index (χ4v) is 2.63. The topological polar surface area (TPSA) is 48.2 Å². The smallest absolute Gasteiger partial charge is 0.387 e. The van der Waals surface area contributed by atoms with Crippen LogP contribution in [0.1, 0.15) is 0 Å². The molecule has 0 bridgehead atoms. The van der Waals surface area contributed by atoms with E-state index in [1.807, 2.05) is 24.3 Å². The minimum Gasteiger partial charge on any atom is -0.454 e. The minimum absolute atomic E-state index is 0.101. The summed E-state index contributed by atoms with van der Waals surface area (Å²) in [6, 6.07) is 13.8. The van der Waals surface area contributed by atoms with E-state index in [1.54, 1.807) is 30.7 Å². The van der Waals surface area contributed by atoms with Gasteiger partial charge in [-0.1, -0.05) is 6.07 Å². The molecule has 0 amide bonds. The maximum atomic E-state index is 12.2. The van der Waals surface area contributed by atoms with Gasteiger partial charge in [-0.15, -0.1) is 0 Å². The Morgan fingerprint density at radius 2 is 1.80 bits per heavy atom. The number of fused-ring (bicyclic) bond motifs is 1. The lowest BCUT2D eigenvalue weighted by Crippen LogP contribution is -2.01. The van der Waals surface area contributed by atoms with Gasteiger partial charge in [0, 0.05) is 41.3 Å². The Hall–Kier alpha value is -3.28. The molecule has 6 heteroatoms. The number of alkyl halides is 2. The van der Waals surface area contributed by atoms with E-state index < -0.39 is 6.61 Å². The molecule has 0 fully saturated rings. The van der Waals surface area contributed by atoms with Gasteiger partial charge in [0.15, 0.2) is 5.58 Å². The molecule has 0 unspecified atom stereocenters. The standard InChI is InChI=1S/C19H12F2N2O2/c20-19(21)24-14-5-3-12(4-6-14)17-10-16-18(25-17)15(7-9-23-16)13-2-1-8-22-11-13/h1-11,19H. The first kappa shape index (κ1) is 15.3. The van der Waals surface area contributed by atoms with Crippen LogP contribution in [0.25, 0.3) is 33.6 Å². The normalized spacial score (nSPS) is 11.2. The molecule has 0 saturated carbocycles. The van der Waals surface area contributed by atoms with Crippen LogP contribution in [0.5, 0.6) is 5.75 Å². The number of hydrogen-bond acceptors (Lipinski definition) is 4. The average Bonchev–Trinajstić information content (AvgIpc) is 3.07. The Bertz CT molecular complexity index is 999. The highest BCUT2D eigenvalue weighted by molar-refractivity contribution is 5.92. The van der Waals surface area contributed by atoms with Gasteiger partial charge in [0.2, 0.25) is 0 Å². The Morgan fingerprint density at radius 1 is 0.960 bits per heavy atom. The Balaban J connectivity index is 1.75. The van der Waals surface area contributed by atoms with Crippen LogP contribution in [0.15, 0.2) is 71.5 Å². The van der Waals surface area contributed by atoms with Gasteiger partial charge in [0.25, 0.3) is 0 Å². The fourth-order valence-electron chi connectivity index (χ4n) is 2.63. The highest BCUT2D eigenvalue weighted by Crippen LogP contribution is 2.33. The summed E-state index contributed by atoms with van der Waals surface area (Å²) in [5.74, 6) is 0.700. The number of furan rings is 1. The van der Waals surface area contributed by atoms with Crippen molar-refractivity contribution in [2.45, 2.75) is 6.61 Å². The van der Waals surface area contributed by atoms with Crippen LogP contribution in [0.4, 0.5) is 8.78 Å². The van der Waals surface area contributed by atoms with Crippen LogP contribution in [0.2, 0.25) is 0 Å². The van der Waals surface area contributed by atoms with Gasteiger partial charge in [0.1, 0.15) is 17.0 Å². The molecule has 4 nitrogen and oxygen atoms in total. The van der Waals surface area contributed by atoms with E-state index in [-0.39, 0.29) is 5.75 Å². The lowest BCUT2D eigenvalue weighted by molar-refractivity contribution is -0.0498. The highest BCUT2D eigenvalue weighted by atomic mass is 19.3. The first-order chi connectivity index (χ1) is 12.2. The SMILES string of the molecule is FC(F)Oc1ccc(-c2cc3nccc(-c4cccnc4)c3o2)cc1. The number of benzene rings is 1. The monoisotopic (exact) mass is 338 g/mol. The zero-order valence-electron chi connectivity index (χ0n) is 12.9. The van der Waals surface area contributed by atoms with Gasteiger partial charge in [-0.3, -0.25) is 9.97 Å². The van der Waals surface area contributed by atoms with Crippen LogP contribution in [-0.4, -0.2) is 16.6 Å². The second-order valence-electron chi connectivity index (χ2n) is 5.33. The van der Waals surface area contributed by atoms with Crippen LogP contribution in [0, 0.1) is 0 Å². The molecular weight excluding hydrogens is 326 g/mol. The molecule has 0 aliphatic heterocycles. The molecule has 0 N–H and O–H groups in total. The third-order valence-corrected chi connectivity index (χ3v) is 3.75. The third-order valence-electron chi connectivity index (χ3n) is 3.75. The van der Waals surface area contributed by atoms with E-state index in [9.17, 15) is 8.78 Å². The van der Waals surface area contributed by atoms with Crippen molar-refractivity contribution in [1.82, 2.24) is 9.97 Å². The molecule has 1 aromatic carbocycles. The molecule has 3 heterocycles. The predicted octanol–water partition coefficient (Wildman–Crippen LogP) is 5.16. The molecule has 3 aromatic heterocycles. The number of hydrogen-bond donors (Lipinski definition) is 0. The Morgan fingerprint density at radius 3 is 2.52 bits per heavy atom. The third kappa shape index (κ3) is 3.06. The molecule has 0 spiro atoms. The summed E-state index contributed by atoms with van der Waals surface area (Å²) in [7, 11) is 0. The van der Waals surface area contributed by atoms with E-state index in [0.717, 1.165) is 16.7 Å². The van der Waals surface area contributed by atoms with Crippen molar-refractivity contribution in [2.75, 3.05) is 0 Å². The summed E-state index contributed by atoms with van der Waals surface area (Å²) in [6.07, 6.45) is 5.18. The molecule has 0 aliphatic rings. The van der Waals surface area contributed by atoms with Crippen LogP contribution in [0.3, 0.4) is 0 Å². The molecule has 124 valence electrons. The predicted molar refractivity (Wildman–Crippen MR) is 89.3 cm³/mol. The van der Waals surface area contributed by atoms with Gasteiger partial charge in [0.05, 0.1) is 0 Å². The zero-order chi connectivity index (χ0) is 17.2. The molecule has 0 radical (unpaired) electrons. The summed E-state index contributed by atoms with van der Waals surface area (Å²) in [4.78, 5) is 8.46. The van der Waals surface area contributed by atoms with E-state index in [0.29, 0.717) is 16.9 Å². The summed E-state index contributed by atoms with van der Waals surface area (Å²) in [5.41, 5.74) is 3.93. The fraction of sp³-hybridized carbons (Fsp3) is 0.0526. The van der Waals surface area contributed by atoms with Crippen molar-refractivity contribution in [3.8, 4) is 28.2 Å². The average molecular weight is 338 g/mol. The molecule has 25 heavy (non-hydrogen) atoms. The molecule has 0 atom stereocenters.